The highest BCUT2D eigenvalue weighted by molar-refractivity contribution is 6.06. The van der Waals surface area contributed by atoms with Crippen molar-refractivity contribution < 1.29 is 9.53 Å². The summed E-state index contributed by atoms with van der Waals surface area (Å²) in [5, 5.41) is 16.0. The monoisotopic (exact) mass is 437 g/mol. The number of carbonyl (C=O) groups is 1. The van der Waals surface area contributed by atoms with Crippen LogP contribution in [0.1, 0.15) is 17.3 Å². The van der Waals surface area contributed by atoms with E-state index >= 15 is 0 Å². The first kappa shape index (κ1) is 20.3. The van der Waals surface area contributed by atoms with E-state index in [0.717, 1.165) is 5.56 Å². The molecule has 1 amide bonds. The summed E-state index contributed by atoms with van der Waals surface area (Å²) >= 11 is 0. The summed E-state index contributed by atoms with van der Waals surface area (Å²) in [5.74, 6) is 0.552. The second-order valence-electron chi connectivity index (χ2n) is 7.05. The molecule has 0 atom stereocenters. The van der Waals surface area contributed by atoms with E-state index in [2.05, 4.69) is 25.5 Å². The van der Waals surface area contributed by atoms with Crippen molar-refractivity contribution in [2.24, 2.45) is 0 Å². The van der Waals surface area contributed by atoms with Crippen molar-refractivity contribution in [3.8, 4) is 28.7 Å². The second kappa shape index (κ2) is 8.83. The van der Waals surface area contributed by atoms with E-state index in [1.165, 1.54) is 0 Å². The van der Waals surface area contributed by atoms with Gasteiger partial charge >= 0.3 is 0 Å². The van der Waals surface area contributed by atoms with Crippen LogP contribution in [0.4, 0.5) is 5.69 Å². The highest BCUT2D eigenvalue weighted by Crippen LogP contribution is 2.24. The summed E-state index contributed by atoms with van der Waals surface area (Å²) < 4.78 is 7.13. The topological polar surface area (TPSA) is 107 Å². The van der Waals surface area contributed by atoms with Gasteiger partial charge in [0.2, 0.25) is 11.7 Å². The Kier molecular flexibility index (Phi) is 5.42. The number of nitrogens with zero attached hydrogens (tertiary/aromatic N) is 6. The number of carbonyl (C=O) groups excluding carboxylic acids is 1. The maximum atomic E-state index is 12.8. The zero-order valence-electron chi connectivity index (χ0n) is 17.7. The Labute approximate surface area is 189 Å². The van der Waals surface area contributed by atoms with Crippen LogP contribution in [0.5, 0.6) is 5.88 Å². The number of ether oxygens (including phenoxy) is 1. The van der Waals surface area contributed by atoms with Gasteiger partial charge in [0.15, 0.2) is 5.65 Å². The van der Waals surface area contributed by atoms with Gasteiger partial charge in [-0.3, -0.25) is 9.78 Å². The van der Waals surface area contributed by atoms with Gasteiger partial charge in [-0.25, -0.2) is 4.98 Å². The minimum atomic E-state index is -0.302. The predicted octanol–water partition coefficient (Wildman–Crippen LogP) is 3.90. The normalized spacial score (nSPS) is 10.8. The van der Waals surface area contributed by atoms with E-state index in [0.29, 0.717) is 46.6 Å². The molecular weight excluding hydrogens is 418 g/mol. The molecule has 0 aliphatic carbocycles. The van der Waals surface area contributed by atoms with Crippen molar-refractivity contribution in [2.45, 2.75) is 6.92 Å². The number of hydrogen-bond acceptors (Lipinski definition) is 7. The molecule has 0 bridgehead atoms. The predicted molar refractivity (Wildman–Crippen MR) is 123 cm³/mol. The quantitative estimate of drug-likeness (QED) is 0.429. The Bertz CT molecular complexity index is 1430. The Morgan fingerprint density at radius 1 is 0.939 bits per heavy atom. The van der Waals surface area contributed by atoms with E-state index in [4.69, 9.17) is 9.84 Å². The Morgan fingerprint density at radius 3 is 2.70 bits per heavy atom. The van der Waals surface area contributed by atoms with Crippen LogP contribution in [0, 0.1) is 0 Å². The third-order valence-electron chi connectivity index (χ3n) is 4.87. The lowest BCUT2D eigenvalue weighted by molar-refractivity contribution is 0.102. The molecule has 0 radical (unpaired) electrons. The highest BCUT2D eigenvalue weighted by Gasteiger charge is 2.15. The molecule has 5 aromatic rings. The van der Waals surface area contributed by atoms with Gasteiger partial charge in [-0.15, -0.1) is 10.2 Å². The standard InChI is InChI=1S/C24H19N7O2/c1-2-33-24-18(9-6-14-26-24)23(32)27-17-8-5-7-16(15-17)19-11-12-21-28-29-22(31(21)30-19)20-10-3-4-13-25-20/h3-15H,2H2,1H3,(H,27,32). The van der Waals surface area contributed by atoms with E-state index in [1.54, 1.807) is 29.0 Å². The summed E-state index contributed by atoms with van der Waals surface area (Å²) in [6.07, 6.45) is 3.29. The molecule has 5 rings (SSSR count). The molecule has 4 heterocycles. The van der Waals surface area contributed by atoms with Crippen molar-refractivity contribution in [1.82, 2.24) is 29.8 Å². The van der Waals surface area contributed by atoms with Crippen LogP contribution in [0.2, 0.25) is 0 Å². The lowest BCUT2D eigenvalue weighted by Gasteiger charge is -2.10. The molecule has 0 spiro atoms. The molecule has 1 aromatic carbocycles. The fraction of sp³-hybridized carbons (Fsp3) is 0.0833. The molecule has 0 saturated heterocycles. The summed E-state index contributed by atoms with van der Waals surface area (Å²) in [6.45, 7) is 2.27. The number of rotatable bonds is 6. The minimum Gasteiger partial charge on any atom is -0.477 e. The molecule has 0 saturated carbocycles. The molecule has 33 heavy (non-hydrogen) atoms. The summed E-state index contributed by atoms with van der Waals surface area (Å²) in [7, 11) is 0. The van der Waals surface area contributed by atoms with Gasteiger partial charge in [0, 0.05) is 23.6 Å². The number of hydrogen-bond donors (Lipinski definition) is 1. The number of nitrogens with one attached hydrogen (secondary N) is 1. The highest BCUT2D eigenvalue weighted by atomic mass is 16.5. The molecule has 0 aliphatic rings. The summed E-state index contributed by atoms with van der Waals surface area (Å²) in [5.41, 5.74) is 3.81. The van der Waals surface area contributed by atoms with Crippen LogP contribution >= 0.6 is 0 Å². The fourth-order valence-corrected chi connectivity index (χ4v) is 3.37. The first-order chi connectivity index (χ1) is 16.2. The van der Waals surface area contributed by atoms with Gasteiger partial charge in [0.1, 0.15) is 11.3 Å². The summed E-state index contributed by atoms with van der Waals surface area (Å²) in [6, 6.07) is 20.1. The van der Waals surface area contributed by atoms with Gasteiger partial charge in [0.05, 0.1) is 12.3 Å². The molecule has 1 N–H and O–H groups in total. The lowest BCUT2D eigenvalue weighted by Crippen LogP contribution is -2.14. The number of amides is 1. The Hall–Kier alpha value is -4.66. The number of benzene rings is 1. The van der Waals surface area contributed by atoms with Crippen LogP contribution < -0.4 is 10.1 Å². The van der Waals surface area contributed by atoms with Gasteiger partial charge in [-0.05, 0) is 55.5 Å². The van der Waals surface area contributed by atoms with Gasteiger partial charge in [-0.1, -0.05) is 18.2 Å². The van der Waals surface area contributed by atoms with Gasteiger partial charge in [-0.2, -0.15) is 9.61 Å². The number of fused-ring (bicyclic) bond motifs is 1. The van der Waals surface area contributed by atoms with E-state index < -0.39 is 0 Å². The number of anilines is 1. The van der Waals surface area contributed by atoms with Crippen LogP contribution in [0.25, 0.3) is 28.4 Å². The van der Waals surface area contributed by atoms with Crippen molar-refractivity contribution in [3.63, 3.8) is 0 Å². The fourth-order valence-electron chi connectivity index (χ4n) is 3.37. The Morgan fingerprint density at radius 2 is 1.85 bits per heavy atom. The second-order valence-corrected chi connectivity index (χ2v) is 7.05. The molecular formula is C24H19N7O2. The number of aromatic nitrogens is 6. The molecule has 4 aromatic heterocycles. The maximum absolute atomic E-state index is 12.8. The SMILES string of the molecule is CCOc1ncccc1C(=O)Nc1cccc(-c2ccc3nnc(-c4ccccn4)n3n2)c1. The van der Waals surface area contributed by atoms with Crippen molar-refractivity contribution in [1.29, 1.82) is 0 Å². The van der Waals surface area contributed by atoms with E-state index in [-0.39, 0.29) is 5.91 Å². The van der Waals surface area contributed by atoms with Crippen LogP contribution in [0.3, 0.4) is 0 Å². The van der Waals surface area contributed by atoms with Crippen LogP contribution in [-0.4, -0.2) is 42.3 Å². The number of pyridine rings is 2. The smallest absolute Gasteiger partial charge is 0.261 e. The van der Waals surface area contributed by atoms with Crippen LogP contribution in [0.15, 0.2) is 79.1 Å². The largest absolute Gasteiger partial charge is 0.477 e. The third-order valence-corrected chi connectivity index (χ3v) is 4.87. The Balaban J connectivity index is 1.45. The first-order valence-electron chi connectivity index (χ1n) is 10.4. The molecule has 0 aliphatic heterocycles. The lowest BCUT2D eigenvalue weighted by atomic mass is 10.1. The first-order valence-corrected chi connectivity index (χ1v) is 10.4. The van der Waals surface area contributed by atoms with Crippen molar-refractivity contribution in [2.75, 3.05) is 11.9 Å². The molecule has 0 fully saturated rings. The minimum absolute atomic E-state index is 0.301. The zero-order chi connectivity index (χ0) is 22.6. The average Bonchev–Trinajstić information content (AvgIpc) is 3.29. The molecule has 9 heteroatoms. The molecule has 162 valence electrons. The summed E-state index contributed by atoms with van der Waals surface area (Å²) in [4.78, 5) is 21.3. The average molecular weight is 437 g/mol. The van der Waals surface area contributed by atoms with Crippen molar-refractivity contribution >= 4 is 17.2 Å². The van der Waals surface area contributed by atoms with Gasteiger partial charge in [0.25, 0.3) is 5.91 Å². The van der Waals surface area contributed by atoms with Crippen molar-refractivity contribution in [3.05, 3.63) is 84.7 Å². The maximum Gasteiger partial charge on any atom is 0.261 e. The van der Waals surface area contributed by atoms with Crippen LogP contribution in [-0.2, 0) is 0 Å². The zero-order valence-corrected chi connectivity index (χ0v) is 17.7. The van der Waals surface area contributed by atoms with E-state index in [1.807, 2.05) is 61.5 Å². The molecule has 0 unspecified atom stereocenters. The third kappa shape index (κ3) is 4.11. The van der Waals surface area contributed by atoms with E-state index in [9.17, 15) is 4.79 Å². The molecule has 9 nitrogen and oxygen atoms in total. The van der Waals surface area contributed by atoms with Gasteiger partial charge < -0.3 is 10.1 Å².